The molecule has 2 aromatic rings. The number of benzene rings is 2. The molecule has 0 heterocycles. The largest absolute Gasteiger partial charge is 0.426 e. The molecule has 0 atom stereocenters. The first kappa shape index (κ1) is 16.5. The molecule has 0 radical (unpaired) electrons. The summed E-state index contributed by atoms with van der Waals surface area (Å²) in [6, 6.07) is 13.0. The van der Waals surface area contributed by atoms with E-state index in [4.69, 9.17) is 4.74 Å². The summed E-state index contributed by atoms with van der Waals surface area (Å²) in [6.07, 6.45) is 3.21. The summed E-state index contributed by atoms with van der Waals surface area (Å²) >= 11 is 0. The molecule has 0 bridgehead atoms. The van der Waals surface area contributed by atoms with Crippen LogP contribution in [0.1, 0.15) is 23.6 Å². The molecule has 1 N–H and O–H groups in total. The van der Waals surface area contributed by atoms with E-state index in [0.29, 0.717) is 5.75 Å². The Morgan fingerprint density at radius 3 is 2.22 bits per heavy atom. The van der Waals surface area contributed by atoms with Gasteiger partial charge in [0.1, 0.15) is 5.75 Å². The Bertz CT molecular complexity index is 725. The highest BCUT2D eigenvalue weighted by molar-refractivity contribution is 6.01. The fourth-order valence-corrected chi connectivity index (χ4v) is 2.26. The molecule has 4 nitrogen and oxygen atoms in total. The molecule has 0 aliphatic heterocycles. The molecule has 0 fully saturated rings. The van der Waals surface area contributed by atoms with Gasteiger partial charge in [-0.05, 0) is 60.9 Å². The fourth-order valence-electron chi connectivity index (χ4n) is 2.26. The Labute approximate surface area is 135 Å². The Morgan fingerprint density at radius 1 is 1.04 bits per heavy atom. The lowest BCUT2D eigenvalue weighted by molar-refractivity contribution is -0.132. The van der Waals surface area contributed by atoms with E-state index >= 15 is 0 Å². The minimum Gasteiger partial charge on any atom is -0.426 e. The molecule has 118 valence electrons. The van der Waals surface area contributed by atoms with E-state index in [1.807, 2.05) is 56.3 Å². The van der Waals surface area contributed by atoms with Crippen LogP contribution >= 0.6 is 0 Å². The number of aryl methyl sites for hydroxylation is 2. The lowest BCUT2D eigenvalue weighted by Crippen LogP contribution is -2.07. The fraction of sp³-hybridized carbons (Fsp3) is 0.158. The van der Waals surface area contributed by atoms with Crippen molar-refractivity contribution in [3.8, 4) is 5.75 Å². The zero-order valence-corrected chi connectivity index (χ0v) is 13.4. The van der Waals surface area contributed by atoms with Gasteiger partial charge in [-0.2, -0.15) is 0 Å². The third-order valence-corrected chi connectivity index (χ3v) is 3.20. The second-order valence-corrected chi connectivity index (χ2v) is 5.27. The number of carbonyl (C=O) groups excluding carboxylic acids is 2. The first-order chi connectivity index (χ1) is 11.0. The Balaban J connectivity index is 2.10. The molecule has 23 heavy (non-hydrogen) atoms. The molecule has 0 spiro atoms. The third kappa shape index (κ3) is 4.81. The molecular formula is C19H19NO3. The zero-order valence-electron chi connectivity index (χ0n) is 13.4. The topological polar surface area (TPSA) is 55.4 Å². The molecule has 0 saturated carbocycles. The summed E-state index contributed by atoms with van der Waals surface area (Å²) in [5.41, 5.74) is 3.32. The van der Waals surface area contributed by atoms with Crippen molar-refractivity contribution >= 4 is 23.6 Å². The van der Waals surface area contributed by atoms with Crippen LogP contribution < -0.4 is 10.1 Å². The molecule has 2 rings (SSSR count). The standard InChI is InChI=1S/C19H19NO3/c1-13-11-16(12-14(2)19(13)23-15(3)21)9-10-18(22)20-17-7-5-4-6-8-17/h4-12H,1-3H3,(H,20,22)/b10-9+. The monoisotopic (exact) mass is 309 g/mol. The zero-order chi connectivity index (χ0) is 16.8. The molecule has 0 saturated heterocycles. The highest BCUT2D eigenvalue weighted by Crippen LogP contribution is 2.25. The van der Waals surface area contributed by atoms with Crippen LogP contribution in [0.2, 0.25) is 0 Å². The van der Waals surface area contributed by atoms with Crippen LogP contribution in [-0.4, -0.2) is 11.9 Å². The second kappa shape index (κ2) is 7.40. The van der Waals surface area contributed by atoms with Crippen LogP contribution in [0, 0.1) is 13.8 Å². The number of hydrogen-bond acceptors (Lipinski definition) is 3. The predicted molar refractivity (Wildman–Crippen MR) is 91.3 cm³/mol. The van der Waals surface area contributed by atoms with Crippen molar-refractivity contribution in [1.29, 1.82) is 0 Å². The minimum absolute atomic E-state index is 0.199. The minimum atomic E-state index is -0.346. The van der Waals surface area contributed by atoms with E-state index in [9.17, 15) is 9.59 Å². The van der Waals surface area contributed by atoms with Crippen LogP contribution in [0.4, 0.5) is 5.69 Å². The van der Waals surface area contributed by atoms with Crippen LogP contribution in [0.3, 0.4) is 0 Å². The normalized spacial score (nSPS) is 10.6. The van der Waals surface area contributed by atoms with Gasteiger partial charge < -0.3 is 10.1 Å². The molecular weight excluding hydrogens is 290 g/mol. The molecule has 1 amide bonds. The SMILES string of the molecule is CC(=O)Oc1c(C)cc(/C=C/C(=O)Nc2ccccc2)cc1C. The number of esters is 1. The lowest BCUT2D eigenvalue weighted by Gasteiger charge is -2.10. The number of rotatable bonds is 4. The van der Waals surface area contributed by atoms with Gasteiger partial charge in [-0.15, -0.1) is 0 Å². The Morgan fingerprint density at radius 2 is 1.65 bits per heavy atom. The molecule has 2 aromatic carbocycles. The summed E-state index contributed by atoms with van der Waals surface area (Å²) in [5.74, 6) is 0.0284. The maximum Gasteiger partial charge on any atom is 0.308 e. The molecule has 0 aliphatic carbocycles. The Kier molecular flexibility index (Phi) is 5.31. The van der Waals surface area contributed by atoms with Crippen molar-refractivity contribution in [2.75, 3.05) is 5.32 Å². The maximum atomic E-state index is 11.9. The molecule has 0 aromatic heterocycles. The summed E-state index contributed by atoms with van der Waals surface area (Å²) < 4.78 is 5.19. The van der Waals surface area contributed by atoms with Crippen LogP contribution in [-0.2, 0) is 9.59 Å². The predicted octanol–water partition coefficient (Wildman–Crippen LogP) is 3.88. The van der Waals surface area contributed by atoms with Gasteiger partial charge >= 0.3 is 5.97 Å². The van der Waals surface area contributed by atoms with E-state index in [1.54, 1.807) is 6.08 Å². The first-order valence-corrected chi connectivity index (χ1v) is 7.29. The number of amides is 1. The molecule has 0 aliphatic rings. The quantitative estimate of drug-likeness (QED) is 0.530. The molecule has 4 heteroatoms. The van der Waals surface area contributed by atoms with Gasteiger partial charge in [-0.3, -0.25) is 9.59 Å². The highest BCUT2D eigenvalue weighted by atomic mass is 16.5. The summed E-state index contributed by atoms with van der Waals surface area (Å²) in [4.78, 5) is 23.0. The van der Waals surface area contributed by atoms with Crippen LogP contribution in [0.15, 0.2) is 48.5 Å². The van der Waals surface area contributed by atoms with Gasteiger partial charge in [-0.25, -0.2) is 0 Å². The van der Waals surface area contributed by atoms with Gasteiger partial charge in [0.25, 0.3) is 0 Å². The van der Waals surface area contributed by atoms with Crippen molar-refractivity contribution in [3.63, 3.8) is 0 Å². The highest BCUT2D eigenvalue weighted by Gasteiger charge is 2.08. The smallest absolute Gasteiger partial charge is 0.308 e. The summed E-state index contributed by atoms with van der Waals surface area (Å²) in [7, 11) is 0. The average molecular weight is 309 g/mol. The third-order valence-electron chi connectivity index (χ3n) is 3.20. The summed E-state index contributed by atoms with van der Waals surface area (Å²) in [5, 5.41) is 2.78. The van der Waals surface area contributed by atoms with Crippen molar-refractivity contribution in [1.82, 2.24) is 0 Å². The average Bonchev–Trinajstić information content (AvgIpc) is 2.50. The van der Waals surface area contributed by atoms with Crippen LogP contribution in [0.5, 0.6) is 5.75 Å². The van der Waals surface area contributed by atoms with E-state index < -0.39 is 0 Å². The van der Waals surface area contributed by atoms with Gasteiger partial charge in [0.15, 0.2) is 0 Å². The second-order valence-electron chi connectivity index (χ2n) is 5.27. The summed E-state index contributed by atoms with van der Waals surface area (Å²) in [6.45, 7) is 5.11. The molecule has 0 unspecified atom stereocenters. The number of para-hydroxylation sites is 1. The number of hydrogen-bond donors (Lipinski definition) is 1. The maximum absolute atomic E-state index is 11.9. The first-order valence-electron chi connectivity index (χ1n) is 7.29. The van der Waals surface area contributed by atoms with Gasteiger partial charge in [0.2, 0.25) is 5.91 Å². The van der Waals surface area contributed by atoms with Crippen molar-refractivity contribution in [2.45, 2.75) is 20.8 Å². The lowest BCUT2D eigenvalue weighted by atomic mass is 10.1. The number of nitrogens with one attached hydrogen (secondary N) is 1. The number of anilines is 1. The van der Waals surface area contributed by atoms with E-state index in [1.165, 1.54) is 13.0 Å². The van der Waals surface area contributed by atoms with E-state index in [0.717, 1.165) is 22.4 Å². The number of carbonyl (C=O) groups is 2. The van der Waals surface area contributed by atoms with E-state index in [2.05, 4.69) is 5.32 Å². The van der Waals surface area contributed by atoms with Gasteiger partial charge in [0.05, 0.1) is 0 Å². The number of ether oxygens (including phenoxy) is 1. The van der Waals surface area contributed by atoms with Crippen molar-refractivity contribution < 1.29 is 14.3 Å². The van der Waals surface area contributed by atoms with Gasteiger partial charge in [-0.1, -0.05) is 18.2 Å². The van der Waals surface area contributed by atoms with Crippen molar-refractivity contribution in [3.05, 3.63) is 65.2 Å². The Hall–Kier alpha value is -2.88. The van der Waals surface area contributed by atoms with Gasteiger partial charge in [0, 0.05) is 18.7 Å². The van der Waals surface area contributed by atoms with Crippen molar-refractivity contribution in [2.24, 2.45) is 0 Å². The van der Waals surface area contributed by atoms with E-state index in [-0.39, 0.29) is 11.9 Å². The van der Waals surface area contributed by atoms with Crippen LogP contribution in [0.25, 0.3) is 6.08 Å².